The van der Waals surface area contributed by atoms with Gasteiger partial charge in [-0.1, -0.05) is 57.4 Å². The Morgan fingerprint density at radius 3 is 2.61 bits per heavy atom. The summed E-state index contributed by atoms with van der Waals surface area (Å²) < 4.78 is 0. The third-order valence-corrected chi connectivity index (χ3v) is 3.85. The van der Waals surface area contributed by atoms with Crippen molar-refractivity contribution in [2.45, 2.75) is 58.5 Å². The minimum Gasteiger partial charge on any atom is -0.349 e. The maximum Gasteiger partial charge on any atom is 0.128 e. The Bertz CT molecular complexity index is 411. The second-order valence-electron chi connectivity index (χ2n) is 5.22. The Labute approximate surface area is 111 Å². The summed E-state index contributed by atoms with van der Waals surface area (Å²) in [6.07, 6.45) is 6.14. The Balaban J connectivity index is 2.12. The molecule has 2 rings (SSSR count). The van der Waals surface area contributed by atoms with E-state index in [4.69, 9.17) is 5.41 Å². The van der Waals surface area contributed by atoms with Crippen LogP contribution in [0.2, 0.25) is 0 Å². The van der Waals surface area contributed by atoms with Gasteiger partial charge in [0.15, 0.2) is 0 Å². The van der Waals surface area contributed by atoms with Gasteiger partial charge in [-0.25, -0.2) is 0 Å². The van der Waals surface area contributed by atoms with Crippen LogP contribution < -0.4 is 0 Å². The molecule has 98 valence electrons. The highest BCUT2D eigenvalue weighted by molar-refractivity contribution is 6.00. The first kappa shape index (κ1) is 13.1. The molecule has 2 nitrogen and oxygen atoms in total. The van der Waals surface area contributed by atoms with Crippen LogP contribution in [0.1, 0.15) is 57.1 Å². The number of fused-ring (bicyclic) bond motifs is 1. The van der Waals surface area contributed by atoms with Gasteiger partial charge in [0, 0.05) is 18.2 Å². The van der Waals surface area contributed by atoms with E-state index in [0.717, 1.165) is 17.9 Å². The molecule has 2 heteroatoms. The number of rotatable bonds is 6. The summed E-state index contributed by atoms with van der Waals surface area (Å²) in [7, 11) is 0. The van der Waals surface area contributed by atoms with Crippen molar-refractivity contribution in [3.05, 3.63) is 35.4 Å². The third-order valence-electron chi connectivity index (χ3n) is 3.85. The maximum atomic E-state index is 8.36. The van der Waals surface area contributed by atoms with E-state index >= 15 is 0 Å². The van der Waals surface area contributed by atoms with E-state index in [9.17, 15) is 0 Å². The van der Waals surface area contributed by atoms with E-state index in [0.29, 0.717) is 6.04 Å². The highest BCUT2D eigenvalue weighted by Gasteiger charge is 2.28. The van der Waals surface area contributed by atoms with Crippen LogP contribution in [0.3, 0.4) is 0 Å². The molecular weight excluding hydrogens is 220 g/mol. The molecule has 0 aromatic heterocycles. The molecule has 0 radical (unpaired) electrons. The van der Waals surface area contributed by atoms with E-state index in [1.165, 1.54) is 37.7 Å². The van der Waals surface area contributed by atoms with Crippen molar-refractivity contribution in [1.29, 1.82) is 5.41 Å². The van der Waals surface area contributed by atoms with Crippen molar-refractivity contribution in [3.63, 3.8) is 0 Å². The summed E-state index contributed by atoms with van der Waals surface area (Å²) in [6, 6.07) is 8.91. The Morgan fingerprint density at radius 1 is 1.17 bits per heavy atom. The fraction of sp³-hybridized carbons (Fsp3) is 0.562. The smallest absolute Gasteiger partial charge is 0.128 e. The topological polar surface area (TPSA) is 27.1 Å². The van der Waals surface area contributed by atoms with E-state index < -0.39 is 0 Å². The number of amidine groups is 1. The van der Waals surface area contributed by atoms with Crippen LogP contribution in [0.4, 0.5) is 0 Å². The molecule has 1 atom stereocenters. The molecule has 0 aliphatic carbocycles. The second-order valence-corrected chi connectivity index (χ2v) is 5.22. The minimum absolute atomic E-state index is 0.551. The zero-order chi connectivity index (χ0) is 13.0. The summed E-state index contributed by atoms with van der Waals surface area (Å²) in [4.78, 5) is 2.31. The number of benzene rings is 1. The van der Waals surface area contributed by atoms with Crippen LogP contribution >= 0.6 is 0 Å². The van der Waals surface area contributed by atoms with Gasteiger partial charge in [-0.15, -0.1) is 0 Å². The molecule has 1 aliphatic rings. The van der Waals surface area contributed by atoms with Gasteiger partial charge in [0.25, 0.3) is 0 Å². The van der Waals surface area contributed by atoms with E-state index in [1.807, 2.05) is 6.07 Å². The minimum atomic E-state index is 0.551. The summed E-state index contributed by atoms with van der Waals surface area (Å²) in [5.41, 5.74) is 2.45. The predicted molar refractivity (Wildman–Crippen MR) is 77.0 cm³/mol. The third kappa shape index (κ3) is 2.58. The Hall–Kier alpha value is -1.31. The highest BCUT2D eigenvalue weighted by atomic mass is 15.2. The van der Waals surface area contributed by atoms with Gasteiger partial charge in [-0.3, -0.25) is 5.41 Å². The largest absolute Gasteiger partial charge is 0.349 e. The SMILES string of the molecule is CCCCC(CCC)N1Cc2ccccc2C1=N. The molecule has 1 aliphatic heterocycles. The molecule has 1 aromatic carbocycles. The van der Waals surface area contributed by atoms with Gasteiger partial charge in [0.05, 0.1) is 0 Å². The molecule has 1 unspecified atom stereocenters. The Morgan fingerprint density at radius 2 is 1.94 bits per heavy atom. The number of hydrogen-bond donors (Lipinski definition) is 1. The van der Waals surface area contributed by atoms with Crippen molar-refractivity contribution < 1.29 is 0 Å². The molecule has 18 heavy (non-hydrogen) atoms. The zero-order valence-electron chi connectivity index (χ0n) is 11.6. The van der Waals surface area contributed by atoms with Gasteiger partial charge < -0.3 is 4.90 Å². The number of nitrogens with zero attached hydrogens (tertiary/aromatic N) is 1. The van der Waals surface area contributed by atoms with Gasteiger partial charge in [-0.05, 0) is 18.4 Å². The lowest BCUT2D eigenvalue weighted by molar-refractivity contribution is 0.275. The molecule has 1 heterocycles. The van der Waals surface area contributed by atoms with Crippen LogP contribution in [-0.2, 0) is 6.54 Å². The molecule has 0 fully saturated rings. The average molecular weight is 244 g/mol. The van der Waals surface area contributed by atoms with Gasteiger partial charge >= 0.3 is 0 Å². The molecular formula is C16H24N2. The van der Waals surface area contributed by atoms with Crippen LogP contribution in [-0.4, -0.2) is 16.8 Å². The van der Waals surface area contributed by atoms with Crippen LogP contribution in [0, 0.1) is 5.41 Å². The zero-order valence-corrected chi connectivity index (χ0v) is 11.6. The second kappa shape index (κ2) is 6.03. The predicted octanol–water partition coefficient (Wildman–Crippen LogP) is 4.19. The number of nitrogens with one attached hydrogen (secondary N) is 1. The van der Waals surface area contributed by atoms with E-state index in [1.54, 1.807) is 0 Å². The monoisotopic (exact) mass is 244 g/mol. The standard InChI is InChI=1S/C16H24N2/c1-3-5-10-14(8-4-2)18-12-13-9-6-7-11-15(13)16(18)17/h6-7,9,11,14,17H,3-5,8,10,12H2,1-2H3. The number of unbranched alkanes of at least 4 members (excludes halogenated alkanes) is 1. The van der Waals surface area contributed by atoms with Crippen LogP contribution in [0.25, 0.3) is 0 Å². The quantitative estimate of drug-likeness (QED) is 0.798. The summed E-state index contributed by atoms with van der Waals surface area (Å²) >= 11 is 0. The van der Waals surface area contributed by atoms with Crippen LogP contribution in [0.5, 0.6) is 0 Å². The summed E-state index contributed by atoms with van der Waals surface area (Å²) in [5, 5.41) is 8.36. The highest BCUT2D eigenvalue weighted by Crippen LogP contribution is 2.27. The number of hydrogen-bond acceptors (Lipinski definition) is 1. The molecule has 0 spiro atoms. The van der Waals surface area contributed by atoms with E-state index in [-0.39, 0.29) is 0 Å². The van der Waals surface area contributed by atoms with Gasteiger partial charge in [-0.2, -0.15) is 0 Å². The van der Waals surface area contributed by atoms with Crippen molar-refractivity contribution >= 4 is 5.84 Å². The Kier molecular flexibility index (Phi) is 4.40. The lowest BCUT2D eigenvalue weighted by atomic mass is 10.0. The molecule has 0 saturated heterocycles. The summed E-state index contributed by atoms with van der Waals surface area (Å²) in [6.45, 7) is 5.42. The first-order chi connectivity index (χ1) is 8.77. The van der Waals surface area contributed by atoms with Crippen LogP contribution in [0.15, 0.2) is 24.3 Å². The average Bonchev–Trinajstić information content (AvgIpc) is 2.73. The van der Waals surface area contributed by atoms with Crippen molar-refractivity contribution in [2.75, 3.05) is 0 Å². The van der Waals surface area contributed by atoms with Crippen molar-refractivity contribution in [3.8, 4) is 0 Å². The molecule has 1 N–H and O–H groups in total. The maximum absolute atomic E-state index is 8.36. The van der Waals surface area contributed by atoms with Crippen molar-refractivity contribution in [1.82, 2.24) is 4.90 Å². The van der Waals surface area contributed by atoms with E-state index in [2.05, 4.69) is 36.9 Å². The molecule has 0 bridgehead atoms. The summed E-state index contributed by atoms with van der Waals surface area (Å²) in [5.74, 6) is 0.736. The first-order valence-electron chi connectivity index (χ1n) is 7.21. The van der Waals surface area contributed by atoms with Gasteiger partial charge in [0.1, 0.15) is 5.84 Å². The lowest BCUT2D eigenvalue weighted by Crippen LogP contribution is -2.35. The molecule has 1 aromatic rings. The van der Waals surface area contributed by atoms with Gasteiger partial charge in [0.2, 0.25) is 0 Å². The first-order valence-corrected chi connectivity index (χ1v) is 7.21. The molecule has 0 saturated carbocycles. The fourth-order valence-electron chi connectivity index (χ4n) is 2.85. The van der Waals surface area contributed by atoms with Crippen molar-refractivity contribution in [2.24, 2.45) is 0 Å². The normalized spacial score (nSPS) is 15.9. The molecule has 0 amide bonds. The fourth-order valence-corrected chi connectivity index (χ4v) is 2.85. The lowest BCUT2D eigenvalue weighted by Gasteiger charge is -2.29.